The van der Waals surface area contributed by atoms with E-state index >= 15 is 0 Å². The highest BCUT2D eigenvalue weighted by Crippen LogP contribution is 2.28. The first-order chi connectivity index (χ1) is 13.3. The molecular formula is C21H34Cl3NO3. The van der Waals surface area contributed by atoms with Gasteiger partial charge in [-0.1, -0.05) is 67.4 Å². The smallest absolute Gasteiger partial charge is 0.410 e. The topological polar surface area (TPSA) is 49.8 Å². The highest BCUT2D eigenvalue weighted by molar-refractivity contribution is 6.67. The summed E-state index contributed by atoms with van der Waals surface area (Å²) in [5.74, 6) is 6.25. The molecule has 0 aromatic rings. The number of alkyl halides is 3. The van der Waals surface area contributed by atoms with Crippen LogP contribution in [0, 0.1) is 11.8 Å². The number of rotatable bonds is 11. The summed E-state index contributed by atoms with van der Waals surface area (Å²) >= 11 is 16.9. The highest BCUT2D eigenvalue weighted by atomic mass is 35.6. The molecule has 1 fully saturated rings. The predicted octanol–water partition coefficient (Wildman–Crippen LogP) is 6.24. The monoisotopic (exact) mass is 453 g/mol. The molecule has 1 N–H and O–H groups in total. The molecule has 1 rings (SSSR count). The van der Waals surface area contributed by atoms with Gasteiger partial charge in [-0.25, -0.2) is 4.79 Å². The number of halogens is 3. The van der Waals surface area contributed by atoms with Crippen molar-refractivity contribution >= 4 is 40.9 Å². The lowest BCUT2D eigenvalue weighted by Crippen LogP contribution is -2.37. The Morgan fingerprint density at radius 1 is 1.21 bits per heavy atom. The Kier molecular flexibility index (Phi) is 13.4. The van der Waals surface area contributed by atoms with E-state index in [-0.39, 0.29) is 12.6 Å². The number of aliphatic hydroxyl groups excluding tert-OH is 1. The number of ether oxygens (including phenoxy) is 1. The first-order valence-corrected chi connectivity index (χ1v) is 11.6. The van der Waals surface area contributed by atoms with Gasteiger partial charge in [-0.05, 0) is 38.5 Å². The fourth-order valence-corrected chi connectivity index (χ4v) is 3.55. The quantitative estimate of drug-likeness (QED) is 0.228. The summed E-state index contributed by atoms with van der Waals surface area (Å²) in [6.07, 6.45) is 11.1. The van der Waals surface area contributed by atoms with E-state index in [1.807, 2.05) is 0 Å². The number of likely N-dealkylation sites (tertiary alicyclic amines) is 1. The Morgan fingerprint density at radius 2 is 1.96 bits per heavy atom. The first kappa shape index (κ1) is 25.7. The Bertz CT molecular complexity index is 499. The van der Waals surface area contributed by atoms with Gasteiger partial charge in [-0.3, -0.25) is 0 Å². The van der Waals surface area contributed by atoms with Crippen LogP contribution in [-0.4, -0.2) is 45.2 Å². The summed E-state index contributed by atoms with van der Waals surface area (Å²) in [6.45, 7) is 2.62. The van der Waals surface area contributed by atoms with Crippen molar-refractivity contribution in [2.75, 3.05) is 13.2 Å². The minimum atomic E-state index is -1.59. The maximum absolute atomic E-state index is 12.1. The van der Waals surface area contributed by atoms with E-state index in [1.54, 1.807) is 4.90 Å². The summed E-state index contributed by atoms with van der Waals surface area (Å²) in [7, 11) is 0. The highest BCUT2D eigenvalue weighted by Gasteiger charge is 2.31. The van der Waals surface area contributed by atoms with E-state index in [4.69, 9.17) is 39.5 Å². The molecule has 2 atom stereocenters. The Labute approximate surface area is 185 Å². The number of carbonyl (C=O) groups excluding carboxylic acids is 1. The van der Waals surface area contributed by atoms with Crippen LogP contribution < -0.4 is 0 Å². The van der Waals surface area contributed by atoms with E-state index < -0.39 is 16.0 Å². The second-order valence-corrected chi connectivity index (χ2v) is 9.98. The average Bonchev–Trinajstić information content (AvgIpc) is 3.10. The zero-order valence-corrected chi connectivity index (χ0v) is 19.2. The molecule has 1 aliphatic heterocycles. The largest absolute Gasteiger partial charge is 0.445 e. The van der Waals surface area contributed by atoms with Crippen molar-refractivity contribution in [3.63, 3.8) is 0 Å². The fraction of sp³-hybridized carbons (Fsp3) is 0.857. The average molecular weight is 455 g/mol. The molecule has 0 bridgehead atoms. The Hall–Kier alpha value is -0.340. The van der Waals surface area contributed by atoms with Gasteiger partial charge in [0.25, 0.3) is 0 Å². The van der Waals surface area contributed by atoms with Crippen molar-refractivity contribution in [1.82, 2.24) is 4.90 Å². The first-order valence-electron chi connectivity index (χ1n) is 10.5. The lowest BCUT2D eigenvalue weighted by molar-refractivity contribution is 0.0966. The fourth-order valence-electron chi connectivity index (χ4n) is 3.39. The van der Waals surface area contributed by atoms with Crippen LogP contribution in [0.15, 0.2) is 0 Å². The van der Waals surface area contributed by atoms with Crippen molar-refractivity contribution in [3.05, 3.63) is 0 Å². The predicted molar refractivity (Wildman–Crippen MR) is 117 cm³/mol. The zero-order valence-electron chi connectivity index (χ0n) is 16.9. The number of hydrogen-bond donors (Lipinski definition) is 1. The van der Waals surface area contributed by atoms with Gasteiger partial charge in [0.2, 0.25) is 3.79 Å². The van der Waals surface area contributed by atoms with Gasteiger partial charge in [-0.15, -0.1) is 11.8 Å². The number of aliphatic hydroxyl groups is 1. The molecule has 162 valence electrons. The molecule has 0 aliphatic carbocycles. The molecule has 0 unspecified atom stereocenters. The summed E-state index contributed by atoms with van der Waals surface area (Å²) in [5.41, 5.74) is 0. The molecule has 0 saturated carbocycles. The van der Waals surface area contributed by atoms with Crippen molar-refractivity contribution < 1.29 is 14.6 Å². The Morgan fingerprint density at radius 3 is 2.68 bits per heavy atom. The minimum Gasteiger partial charge on any atom is -0.445 e. The molecule has 0 aromatic carbocycles. The van der Waals surface area contributed by atoms with E-state index in [9.17, 15) is 9.90 Å². The number of hydrogen-bond acceptors (Lipinski definition) is 3. The van der Waals surface area contributed by atoms with Crippen molar-refractivity contribution in [3.8, 4) is 11.8 Å². The van der Waals surface area contributed by atoms with Crippen LogP contribution in [0.25, 0.3) is 0 Å². The van der Waals surface area contributed by atoms with Crippen LogP contribution in [0.2, 0.25) is 0 Å². The molecule has 1 amide bonds. The van der Waals surface area contributed by atoms with Crippen molar-refractivity contribution in [1.29, 1.82) is 0 Å². The van der Waals surface area contributed by atoms with Gasteiger partial charge in [-0.2, -0.15) is 0 Å². The van der Waals surface area contributed by atoms with Crippen LogP contribution >= 0.6 is 34.8 Å². The van der Waals surface area contributed by atoms with E-state index in [2.05, 4.69) is 18.8 Å². The maximum atomic E-state index is 12.1. The van der Waals surface area contributed by atoms with E-state index in [0.29, 0.717) is 19.4 Å². The van der Waals surface area contributed by atoms with Gasteiger partial charge >= 0.3 is 6.09 Å². The van der Waals surface area contributed by atoms with Crippen molar-refractivity contribution in [2.45, 2.75) is 99.9 Å². The second kappa shape index (κ2) is 14.6. The zero-order chi connectivity index (χ0) is 20.8. The van der Waals surface area contributed by atoms with Gasteiger partial charge in [0.05, 0.1) is 6.10 Å². The molecule has 0 aromatic heterocycles. The molecule has 28 heavy (non-hydrogen) atoms. The number of amides is 1. The minimum absolute atomic E-state index is 0.129. The van der Waals surface area contributed by atoms with Crippen LogP contribution in [0.3, 0.4) is 0 Å². The van der Waals surface area contributed by atoms with Gasteiger partial charge in [0.1, 0.15) is 6.61 Å². The van der Waals surface area contributed by atoms with Crippen LogP contribution in [-0.2, 0) is 4.74 Å². The van der Waals surface area contributed by atoms with E-state index in [1.165, 1.54) is 25.7 Å². The maximum Gasteiger partial charge on any atom is 0.410 e. The Balaban J connectivity index is 2.17. The van der Waals surface area contributed by atoms with E-state index in [0.717, 1.165) is 38.5 Å². The molecule has 1 aliphatic rings. The molecular weight excluding hydrogens is 421 g/mol. The molecule has 0 spiro atoms. The van der Waals surface area contributed by atoms with Gasteiger partial charge < -0.3 is 14.7 Å². The third-order valence-electron chi connectivity index (χ3n) is 4.91. The molecule has 7 heteroatoms. The summed E-state index contributed by atoms with van der Waals surface area (Å²) in [4.78, 5) is 13.9. The number of nitrogens with zero attached hydrogens (tertiary/aromatic N) is 1. The lowest BCUT2D eigenvalue weighted by atomic mass is 10.0. The third kappa shape index (κ3) is 12.3. The third-order valence-corrected chi connectivity index (χ3v) is 5.24. The lowest BCUT2D eigenvalue weighted by Gasteiger charge is -2.25. The normalized spacial score (nSPS) is 17.9. The molecule has 4 nitrogen and oxygen atoms in total. The molecule has 0 radical (unpaired) electrons. The van der Waals surface area contributed by atoms with Crippen LogP contribution in [0.5, 0.6) is 0 Å². The summed E-state index contributed by atoms with van der Waals surface area (Å²) in [5, 5.41) is 10.1. The number of unbranched alkanes of at least 4 members (excludes halogenated alkanes) is 5. The standard InChI is InChI=1S/C21H34Cl3NO3/c1-2-3-4-5-6-7-8-9-14-19(26)15-10-12-18-13-11-16-25(18)20(27)28-17-21(22,23)24/h18-19,26H,2-7,10-17H2,1H3/t18-,19+/m1/s1. The van der Waals surface area contributed by atoms with Crippen LogP contribution in [0.1, 0.15) is 84.0 Å². The van der Waals surface area contributed by atoms with Crippen molar-refractivity contribution in [2.24, 2.45) is 0 Å². The summed E-state index contributed by atoms with van der Waals surface area (Å²) < 4.78 is 3.49. The van der Waals surface area contributed by atoms with Gasteiger partial charge in [0.15, 0.2) is 0 Å². The number of carbonyl (C=O) groups is 1. The molecule has 1 heterocycles. The SMILES string of the molecule is CCCCCCCC#CC[C@H](O)CCC[C@@H]1CCCN1C(=O)OCC(Cl)(Cl)Cl. The molecule has 1 saturated heterocycles. The second-order valence-electron chi connectivity index (χ2n) is 7.47. The van der Waals surface area contributed by atoms with Gasteiger partial charge in [0, 0.05) is 25.4 Å². The summed E-state index contributed by atoms with van der Waals surface area (Å²) in [6, 6.07) is 0.129. The van der Waals surface area contributed by atoms with Crippen LogP contribution in [0.4, 0.5) is 4.79 Å².